The zero-order chi connectivity index (χ0) is 11.5. The average molecular weight is 285 g/mol. The molecular weight excluding hydrogens is 272 g/mol. The van der Waals surface area contributed by atoms with Crippen LogP contribution in [0.1, 0.15) is 30.1 Å². The van der Waals surface area contributed by atoms with Gasteiger partial charge in [-0.2, -0.15) is 0 Å². The normalized spacial score (nSPS) is 13.6. The number of hydrogen-bond acceptors (Lipinski definition) is 3. The molecule has 0 saturated heterocycles. The number of ketones is 1. The summed E-state index contributed by atoms with van der Waals surface area (Å²) >= 11 is 3.39. The van der Waals surface area contributed by atoms with E-state index in [4.69, 9.17) is 9.47 Å². The summed E-state index contributed by atoms with van der Waals surface area (Å²) in [5, 5.41) is 0. The van der Waals surface area contributed by atoms with Gasteiger partial charge in [-0.15, -0.1) is 0 Å². The van der Waals surface area contributed by atoms with Gasteiger partial charge in [0.2, 0.25) is 0 Å². The smallest absolute Gasteiger partial charge is 0.164 e. The van der Waals surface area contributed by atoms with Crippen molar-refractivity contribution in [1.29, 1.82) is 0 Å². The van der Waals surface area contributed by atoms with E-state index in [2.05, 4.69) is 15.9 Å². The third-order valence-corrected chi connectivity index (χ3v) is 3.07. The standard InChI is InChI=1S/C12H13BrO3/c1-2-3-10(14)8-6-11-12(7-9(8)13)16-5-4-15-11/h6-7H,2-5H2,1H3. The van der Waals surface area contributed by atoms with Crippen LogP contribution in [0, 0.1) is 0 Å². The molecule has 0 atom stereocenters. The Morgan fingerprint density at radius 1 is 1.31 bits per heavy atom. The van der Waals surface area contributed by atoms with E-state index in [1.165, 1.54) is 0 Å². The molecule has 0 amide bonds. The lowest BCUT2D eigenvalue weighted by atomic mass is 10.1. The fraction of sp³-hybridized carbons (Fsp3) is 0.417. The predicted molar refractivity (Wildman–Crippen MR) is 64.4 cm³/mol. The lowest BCUT2D eigenvalue weighted by Crippen LogP contribution is -2.16. The molecule has 0 aliphatic carbocycles. The average Bonchev–Trinajstić information content (AvgIpc) is 2.28. The minimum Gasteiger partial charge on any atom is -0.486 e. The Labute approximate surface area is 103 Å². The summed E-state index contributed by atoms with van der Waals surface area (Å²) in [5.41, 5.74) is 0.672. The van der Waals surface area contributed by atoms with E-state index >= 15 is 0 Å². The van der Waals surface area contributed by atoms with Crippen molar-refractivity contribution in [3.63, 3.8) is 0 Å². The summed E-state index contributed by atoms with van der Waals surface area (Å²) in [6.07, 6.45) is 1.40. The Kier molecular flexibility index (Phi) is 3.49. The van der Waals surface area contributed by atoms with Crippen molar-refractivity contribution >= 4 is 21.7 Å². The molecule has 0 unspecified atom stereocenters. The lowest BCUT2D eigenvalue weighted by Gasteiger charge is -2.19. The third-order valence-electron chi connectivity index (χ3n) is 2.41. The van der Waals surface area contributed by atoms with E-state index in [1.54, 1.807) is 12.1 Å². The molecule has 0 radical (unpaired) electrons. The summed E-state index contributed by atoms with van der Waals surface area (Å²) in [6, 6.07) is 3.56. The van der Waals surface area contributed by atoms with E-state index in [1.807, 2.05) is 6.92 Å². The quantitative estimate of drug-likeness (QED) is 0.800. The zero-order valence-electron chi connectivity index (χ0n) is 9.09. The van der Waals surface area contributed by atoms with Gasteiger partial charge in [-0.25, -0.2) is 0 Å². The largest absolute Gasteiger partial charge is 0.486 e. The van der Waals surface area contributed by atoms with Crippen molar-refractivity contribution in [2.24, 2.45) is 0 Å². The summed E-state index contributed by atoms with van der Waals surface area (Å²) in [7, 11) is 0. The van der Waals surface area contributed by atoms with Crippen LogP contribution in [0.2, 0.25) is 0 Å². The molecule has 0 aromatic heterocycles. The van der Waals surface area contributed by atoms with Crippen LogP contribution in [0.15, 0.2) is 16.6 Å². The molecule has 1 aliphatic heterocycles. The molecule has 0 bridgehead atoms. The fourth-order valence-corrected chi connectivity index (χ4v) is 2.18. The maximum Gasteiger partial charge on any atom is 0.164 e. The zero-order valence-corrected chi connectivity index (χ0v) is 10.7. The molecule has 2 rings (SSSR count). The topological polar surface area (TPSA) is 35.5 Å². The maximum atomic E-state index is 11.8. The van der Waals surface area contributed by atoms with E-state index in [0.29, 0.717) is 36.7 Å². The molecule has 0 fully saturated rings. The van der Waals surface area contributed by atoms with Gasteiger partial charge in [-0.1, -0.05) is 6.92 Å². The van der Waals surface area contributed by atoms with Crippen molar-refractivity contribution in [3.8, 4) is 11.5 Å². The first kappa shape index (κ1) is 11.5. The van der Waals surface area contributed by atoms with Gasteiger partial charge >= 0.3 is 0 Å². The number of hydrogen-bond donors (Lipinski definition) is 0. The van der Waals surface area contributed by atoms with Crippen LogP contribution in [0.3, 0.4) is 0 Å². The molecule has 16 heavy (non-hydrogen) atoms. The highest BCUT2D eigenvalue weighted by atomic mass is 79.9. The van der Waals surface area contributed by atoms with Crippen molar-refractivity contribution in [2.45, 2.75) is 19.8 Å². The second-order valence-electron chi connectivity index (χ2n) is 3.65. The number of rotatable bonds is 3. The first-order chi connectivity index (χ1) is 7.72. The lowest BCUT2D eigenvalue weighted by molar-refractivity contribution is 0.0979. The van der Waals surface area contributed by atoms with E-state index in [0.717, 1.165) is 10.9 Å². The van der Waals surface area contributed by atoms with Crippen LogP contribution < -0.4 is 9.47 Å². The van der Waals surface area contributed by atoms with E-state index in [9.17, 15) is 4.79 Å². The monoisotopic (exact) mass is 284 g/mol. The minimum absolute atomic E-state index is 0.131. The van der Waals surface area contributed by atoms with E-state index < -0.39 is 0 Å². The van der Waals surface area contributed by atoms with Gasteiger partial charge < -0.3 is 9.47 Å². The van der Waals surface area contributed by atoms with Crippen molar-refractivity contribution < 1.29 is 14.3 Å². The number of carbonyl (C=O) groups excluding carboxylic acids is 1. The Morgan fingerprint density at radius 2 is 1.94 bits per heavy atom. The van der Waals surface area contributed by atoms with Crippen molar-refractivity contribution in [2.75, 3.05) is 13.2 Å². The molecular formula is C12H13BrO3. The summed E-state index contributed by atoms with van der Waals surface area (Å²) < 4.78 is 11.7. The van der Waals surface area contributed by atoms with Crippen LogP contribution in [0.25, 0.3) is 0 Å². The first-order valence-electron chi connectivity index (χ1n) is 5.34. The number of Topliss-reactive ketones (excluding diaryl/α,β-unsaturated/α-hetero) is 1. The van der Waals surface area contributed by atoms with Crippen LogP contribution in [-0.2, 0) is 0 Å². The Hall–Kier alpha value is -1.03. The SMILES string of the molecule is CCCC(=O)c1cc2c(cc1Br)OCCO2. The Morgan fingerprint density at radius 3 is 2.56 bits per heavy atom. The molecule has 4 heteroatoms. The highest BCUT2D eigenvalue weighted by Crippen LogP contribution is 2.36. The second-order valence-corrected chi connectivity index (χ2v) is 4.50. The first-order valence-corrected chi connectivity index (χ1v) is 6.14. The second kappa shape index (κ2) is 4.87. The van der Waals surface area contributed by atoms with Gasteiger partial charge in [-0.3, -0.25) is 4.79 Å². The highest BCUT2D eigenvalue weighted by molar-refractivity contribution is 9.10. The molecule has 0 saturated carbocycles. The van der Waals surface area contributed by atoms with Crippen LogP contribution in [-0.4, -0.2) is 19.0 Å². The van der Waals surface area contributed by atoms with Gasteiger partial charge in [0.1, 0.15) is 13.2 Å². The van der Waals surface area contributed by atoms with Crippen molar-refractivity contribution in [3.05, 3.63) is 22.2 Å². The molecule has 1 aromatic carbocycles. The molecule has 0 N–H and O–H groups in total. The number of benzene rings is 1. The number of ether oxygens (including phenoxy) is 2. The number of fused-ring (bicyclic) bond motifs is 1. The third kappa shape index (κ3) is 2.21. The highest BCUT2D eigenvalue weighted by Gasteiger charge is 2.17. The molecule has 3 nitrogen and oxygen atoms in total. The summed E-state index contributed by atoms with van der Waals surface area (Å²) in [6.45, 7) is 3.08. The van der Waals surface area contributed by atoms with Gasteiger partial charge in [0.25, 0.3) is 0 Å². The Bertz CT molecular complexity index is 415. The van der Waals surface area contributed by atoms with Crippen LogP contribution in [0.5, 0.6) is 11.5 Å². The molecule has 1 aromatic rings. The van der Waals surface area contributed by atoms with Crippen LogP contribution >= 0.6 is 15.9 Å². The van der Waals surface area contributed by atoms with Gasteiger partial charge in [0.15, 0.2) is 17.3 Å². The summed E-state index contributed by atoms with van der Waals surface area (Å²) in [4.78, 5) is 11.8. The molecule has 86 valence electrons. The van der Waals surface area contributed by atoms with Crippen molar-refractivity contribution in [1.82, 2.24) is 0 Å². The minimum atomic E-state index is 0.131. The summed E-state index contributed by atoms with van der Waals surface area (Å²) in [5.74, 6) is 1.49. The predicted octanol–water partition coefficient (Wildman–Crippen LogP) is 3.20. The molecule has 0 spiro atoms. The number of carbonyl (C=O) groups is 1. The van der Waals surface area contributed by atoms with E-state index in [-0.39, 0.29) is 5.78 Å². The fourth-order valence-electron chi connectivity index (χ4n) is 1.64. The molecule has 1 aliphatic rings. The van der Waals surface area contributed by atoms with Gasteiger partial charge in [0, 0.05) is 16.5 Å². The maximum absolute atomic E-state index is 11.8. The molecule has 1 heterocycles. The van der Waals surface area contributed by atoms with Gasteiger partial charge in [-0.05, 0) is 34.5 Å². The van der Waals surface area contributed by atoms with Crippen LogP contribution in [0.4, 0.5) is 0 Å². The number of halogens is 1. The Balaban J connectivity index is 2.35. The van der Waals surface area contributed by atoms with Gasteiger partial charge in [0.05, 0.1) is 0 Å².